The van der Waals surface area contributed by atoms with E-state index in [9.17, 15) is 19.8 Å². The average molecular weight is 270 g/mol. The summed E-state index contributed by atoms with van der Waals surface area (Å²) in [6.07, 6.45) is 3.06. The number of nitrogens with zero attached hydrogens (tertiary/aromatic N) is 1. The topological polar surface area (TPSA) is 89.9 Å². The number of hydrogen-bond acceptors (Lipinski definition) is 3. The maximum absolute atomic E-state index is 12.1. The first-order chi connectivity index (χ1) is 8.94. The minimum Gasteiger partial charge on any atom is -0.480 e. The fraction of sp³-hybridized carbons (Fsp3) is 0.846. The zero-order valence-electron chi connectivity index (χ0n) is 11.3. The number of carbonyl (C=O) groups is 2. The van der Waals surface area contributed by atoms with Gasteiger partial charge in [-0.05, 0) is 44.9 Å². The Morgan fingerprint density at radius 2 is 1.89 bits per heavy atom. The molecule has 1 unspecified atom stereocenters. The monoisotopic (exact) mass is 270 g/mol. The second-order valence-electron chi connectivity index (χ2n) is 5.74. The summed E-state index contributed by atoms with van der Waals surface area (Å²) in [6, 6.07) is -0.286. The van der Waals surface area contributed by atoms with E-state index in [1.807, 2.05) is 0 Å². The highest BCUT2D eigenvalue weighted by atomic mass is 16.4. The predicted octanol–water partition coefficient (Wildman–Crippen LogP) is 0.796. The lowest BCUT2D eigenvalue weighted by molar-refractivity contribution is -0.148. The van der Waals surface area contributed by atoms with Gasteiger partial charge >= 0.3 is 12.0 Å². The molecule has 0 bridgehead atoms. The lowest BCUT2D eigenvalue weighted by Crippen LogP contribution is -2.62. The van der Waals surface area contributed by atoms with Crippen molar-refractivity contribution < 1.29 is 19.8 Å². The van der Waals surface area contributed by atoms with Crippen molar-refractivity contribution in [1.29, 1.82) is 0 Å². The summed E-state index contributed by atoms with van der Waals surface area (Å²) in [6.45, 7) is 2.93. The summed E-state index contributed by atoms with van der Waals surface area (Å²) in [5.41, 5.74) is -1.04. The lowest BCUT2D eigenvalue weighted by atomic mass is 9.77. The molecule has 6 nitrogen and oxygen atoms in total. The molecule has 2 fully saturated rings. The van der Waals surface area contributed by atoms with Gasteiger partial charge in [-0.25, -0.2) is 9.59 Å². The number of urea groups is 1. The normalized spacial score (nSPS) is 24.4. The van der Waals surface area contributed by atoms with E-state index in [4.69, 9.17) is 0 Å². The molecular formula is C13H22N2O4. The third kappa shape index (κ3) is 2.83. The Kier molecular flexibility index (Phi) is 3.99. The fourth-order valence-corrected chi connectivity index (χ4v) is 2.79. The average Bonchev–Trinajstić information content (AvgIpc) is 2.33. The fourth-order valence-electron chi connectivity index (χ4n) is 2.79. The number of likely N-dealkylation sites (tertiary alicyclic amines) is 1. The molecule has 2 amide bonds. The minimum absolute atomic E-state index is 0.237. The van der Waals surface area contributed by atoms with Gasteiger partial charge in [0.05, 0.1) is 6.10 Å². The number of nitrogens with one attached hydrogen (secondary N) is 1. The number of rotatable bonds is 3. The first-order valence-corrected chi connectivity index (χ1v) is 6.93. The van der Waals surface area contributed by atoms with Crippen molar-refractivity contribution in [2.75, 3.05) is 13.1 Å². The standard InChI is InChI=1S/C13H22N2O4/c1-9(16)10-3-7-15(8-4-10)12(19)14-13(11(17)18)5-2-6-13/h9-10,16H,2-8H2,1H3,(H,14,19)(H,17,18). The van der Waals surface area contributed by atoms with Crippen LogP contribution in [0.4, 0.5) is 4.79 Å². The molecule has 2 aliphatic rings. The number of aliphatic carboxylic acids is 1. The van der Waals surface area contributed by atoms with Crippen LogP contribution in [0.5, 0.6) is 0 Å². The van der Waals surface area contributed by atoms with Crippen molar-refractivity contribution in [2.24, 2.45) is 5.92 Å². The highest BCUT2D eigenvalue weighted by molar-refractivity contribution is 5.87. The Morgan fingerprint density at radius 1 is 1.32 bits per heavy atom. The van der Waals surface area contributed by atoms with E-state index >= 15 is 0 Å². The van der Waals surface area contributed by atoms with Crippen LogP contribution in [-0.2, 0) is 4.79 Å². The molecule has 108 valence electrons. The lowest BCUT2D eigenvalue weighted by Gasteiger charge is -2.41. The Morgan fingerprint density at radius 3 is 2.26 bits per heavy atom. The largest absolute Gasteiger partial charge is 0.480 e. The third-order valence-corrected chi connectivity index (χ3v) is 4.47. The second kappa shape index (κ2) is 5.36. The maximum atomic E-state index is 12.1. The zero-order valence-corrected chi connectivity index (χ0v) is 11.3. The molecule has 2 rings (SSSR count). The number of carbonyl (C=O) groups excluding carboxylic acids is 1. The van der Waals surface area contributed by atoms with Gasteiger partial charge in [-0.2, -0.15) is 0 Å². The summed E-state index contributed by atoms with van der Waals surface area (Å²) >= 11 is 0. The predicted molar refractivity (Wildman–Crippen MR) is 68.7 cm³/mol. The van der Waals surface area contributed by atoms with E-state index in [0.717, 1.165) is 19.3 Å². The van der Waals surface area contributed by atoms with Crippen molar-refractivity contribution in [3.05, 3.63) is 0 Å². The molecule has 0 aromatic heterocycles. The molecule has 1 saturated carbocycles. The van der Waals surface area contributed by atoms with Crippen molar-refractivity contribution in [2.45, 2.75) is 50.7 Å². The van der Waals surface area contributed by atoms with Gasteiger partial charge in [0.1, 0.15) is 5.54 Å². The summed E-state index contributed by atoms with van der Waals surface area (Å²) in [7, 11) is 0. The van der Waals surface area contributed by atoms with Gasteiger partial charge in [-0.3, -0.25) is 0 Å². The van der Waals surface area contributed by atoms with Gasteiger partial charge in [-0.1, -0.05) is 0 Å². The van der Waals surface area contributed by atoms with Gasteiger partial charge in [-0.15, -0.1) is 0 Å². The smallest absolute Gasteiger partial charge is 0.329 e. The molecule has 1 heterocycles. The van der Waals surface area contributed by atoms with Crippen LogP contribution in [-0.4, -0.2) is 51.8 Å². The van der Waals surface area contributed by atoms with Crippen molar-refractivity contribution in [3.63, 3.8) is 0 Å². The molecule has 0 spiro atoms. The van der Waals surface area contributed by atoms with Crippen LogP contribution in [0.2, 0.25) is 0 Å². The maximum Gasteiger partial charge on any atom is 0.329 e. The van der Waals surface area contributed by atoms with Crippen molar-refractivity contribution >= 4 is 12.0 Å². The molecule has 1 aliphatic heterocycles. The van der Waals surface area contributed by atoms with E-state index in [2.05, 4.69) is 5.32 Å². The zero-order chi connectivity index (χ0) is 14.0. The van der Waals surface area contributed by atoms with Crippen molar-refractivity contribution in [3.8, 4) is 0 Å². The number of carboxylic acids is 1. The van der Waals surface area contributed by atoms with Crippen LogP contribution < -0.4 is 5.32 Å². The first kappa shape index (κ1) is 14.1. The van der Waals surface area contributed by atoms with Gasteiger partial charge in [0.15, 0.2) is 0 Å². The molecular weight excluding hydrogens is 248 g/mol. The molecule has 0 aromatic carbocycles. The summed E-state index contributed by atoms with van der Waals surface area (Å²) in [4.78, 5) is 24.9. The Bertz CT molecular complexity index is 358. The van der Waals surface area contributed by atoms with Crippen LogP contribution in [0.15, 0.2) is 0 Å². The number of aliphatic hydroxyl groups is 1. The van der Waals surface area contributed by atoms with E-state index < -0.39 is 11.5 Å². The molecule has 1 atom stereocenters. The molecule has 0 radical (unpaired) electrons. The highest BCUT2D eigenvalue weighted by Crippen LogP contribution is 2.32. The summed E-state index contributed by atoms with van der Waals surface area (Å²) < 4.78 is 0. The number of piperidine rings is 1. The van der Waals surface area contributed by atoms with Crippen LogP contribution in [0.3, 0.4) is 0 Å². The number of carboxylic acid groups (broad SMARTS) is 1. The van der Waals surface area contributed by atoms with E-state index in [-0.39, 0.29) is 18.1 Å². The van der Waals surface area contributed by atoms with Gasteiger partial charge < -0.3 is 20.4 Å². The van der Waals surface area contributed by atoms with Gasteiger partial charge in [0.2, 0.25) is 0 Å². The van der Waals surface area contributed by atoms with Crippen LogP contribution in [0.1, 0.15) is 39.0 Å². The molecule has 3 N–H and O–H groups in total. The molecule has 1 saturated heterocycles. The van der Waals surface area contributed by atoms with Crippen LogP contribution in [0.25, 0.3) is 0 Å². The number of hydrogen-bond donors (Lipinski definition) is 3. The Balaban J connectivity index is 1.86. The SMILES string of the molecule is CC(O)C1CCN(C(=O)NC2(C(=O)O)CCC2)CC1. The highest BCUT2D eigenvalue weighted by Gasteiger charge is 2.46. The molecule has 1 aliphatic carbocycles. The number of aliphatic hydroxyl groups excluding tert-OH is 1. The Hall–Kier alpha value is -1.30. The number of amides is 2. The van der Waals surface area contributed by atoms with E-state index in [1.54, 1.807) is 11.8 Å². The third-order valence-electron chi connectivity index (χ3n) is 4.47. The summed E-state index contributed by atoms with van der Waals surface area (Å²) in [5, 5.41) is 21.4. The van der Waals surface area contributed by atoms with Crippen LogP contribution >= 0.6 is 0 Å². The molecule has 0 aromatic rings. The van der Waals surface area contributed by atoms with Crippen LogP contribution in [0, 0.1) is 5.92 Å². The van der Waals surface area contributed by atoms with Crippen molar-refractivity contribution in [1.82, 2.24) is 10.2 Å². The second-order valence-corrected chi connectivity index (χ2v) is 5.74. The van der Waals surface area contributed by atoms with E-state index in [1.165, 1.54) is 0 Å². The van der Waals surface area contributed by atoms with E-state index in [0.29, 0.717) is 25.9 Å². The summed E-state index contributed by atoms with van der Waals surface area (Å²) in [5.74, 6) is -0.702. The van der Waals surface area contributed by atoms with Gasteiger partial charge in [0, 0.05) is 13.1 Å². The molecule has 6 heteroatoms. The van der Waals surface area contributed by atoms with Gasteiger partial charge in [0.25, 0.3) is 0 Å². The quantitative estimate of drug-likeness (QED) is 0.707. The molecule has 19 heavy (non-hydrogen) atoms. The first-order valence-electron chi connectivity index (χ1n) is 6.93. The minimum atomic E-state index is -1.04. The Labute approximate surface area is 112 Å².